The molecule has 0 spiro atoms. The van der Waals surface area contributed by atoms with Crippen molar-refractivity contribution >= 4 is 15.9 Å². The molecule has 21 heavy (non-hydrogen) atoms. The second-order valence-corrected chi connectivity index (χ2v) is 5.42. The molecule has 2 heterocycles. The van der Waals surface area contributed by atoms with E-state index in [1.165, 1.54) is 0 Å². The molecular formula is C15H13BrN4O. The molecule has 0 fully saturated rings. The van der Waals surface area contributed by atoms with E-state index >= 15 is 0 Å². The van der Waals surface area contributed by atoms with Gasteiger partial charge in [-0.15, -0.1) is 0 Å². The zero-order chi connectivity index (χ0) is 14.7. The van der Waals surface area contributed by atoms with Crippen LogP contribution >= 0.6 is 15.9 Å². The monoisotopic (exact) mass is 344 g/mol. The third-order valence-electron chi connectivity index (χ3n) is 3.06. The molecule has 2 N–H and O–H groups in total. The first kappa shape index (κ1) is 13.9. The van der Waals surface area contributed by atoms with Gasteiger partial charge in [-0.2, -0.15) is 4.98 Å². The van der Waals surface area contributed by atoms with Gasteiger partial charge >= 0.3 is 0 Å². The molecular weight excluding hydrogens is 332 g/mol. The quantitative estimate of drug-likeness (QED) is 0.786. The minimum absolute atomic E-state index is 0.174. The number of hydrogen-bond acceptors (Lipinski definition) is 5. The molecule has 0 bridgehead atoms. The zero-order valence-corrected chi connectivity index (χ0v) is 12.7. The standard InChI is InChI=1S/C15H13BrN4O/c16-11-7-4-8-18-14(11)15-19-13(21-20-15)9-12(17)10-5-2-1-3-6-10/h1-8,12H,9,17H2. The van der Waals surface area contributed by atoms with Crippen LogP contribution in [0, 0.1) is 0 Å². The fourth-order valence-corrected chi connectivity index (χ4v) is 2.42. The molecule has 0 saturated carbocycles. The second kappa shape index (κ2) is 6.15. The van der Waals surface area contributed by atoms with Gasteiger partial charge in [-0.3, -0.25) is 4.98 Å². The predicted octanol–water partition coefficient (Wildman–Crippen LogP) is 3.14. The van der Waals surface area contributed by atoms with E-state index in [0.29, 0.717) is 23.8 Å². The SMILES string of the molecule is NC(Cc1nc(-c2ncccc2Br)no1)c1ccccc1. The van der Waals surface area contributed by atoms with Crippen LogP contribution in [-0.4, -0.2) is 15.1 Å². The summed E-state index contributed by atoms with van der Waals surface area (Å²) in [7, 11) is 0. The van der Waals surface area contributed by atoms with E-state index in [0.717, 1.165) is 10.0 Å². The van der Waals surface area contributed by atoms with Crippen molar-refractivity contribution in [3.8, 4) is 11.5 Å². The van der Waals surface area contributed by atoms with Crippen molar-refractivity contribution in [1.82, 2.24) is 15.1 Å². The summed E-state index contributed by atoms with van der Waals surface area (Å²) in [4.78, 5) is 8.59. The summed E-state index contributed by atoms with van der Waals surface area (Å²) < 4.78 is 6.09. The largest absolute Gasteiger partial charge is 0.339 e. The highest BCUT2D eigenvalue weighted by atomic mass is 79.9. The lowest BCUT2D eigenvalue weighted by Crippen LogP contribution is -2.13. The average Bonchev–Trinajstić information content (AvgIpc) is 2.97. The van der Waals surface area contributed by atoms with Crippen LogP contribution in [0.5, 0.6) is 0 Å². The maximum atomic E-state index is 6.15. The van der Waals surface area contributed by atoms with Gasteiger partial charge in [0.05, 0.1) is 0 Å². The number of hydrogen-bond donors (Lipinski definition) is 1. The maximum absolute atomic E-state index is 6.15. The van der Waals surface area contributed by atoms with Crippen LogP contribution in [-0.2, 0) is 6.42 Å². The number of aromatic nitrogens is 3. The lowest BCUT2D eigenvalue weighted by atomic mass is 10.1. The van der Waals surface area contributed by atoms with E-state index in [1.54, 1.807) is 6.20 Å². The zero-order valence-electron chi connectivity index (χ0n) is 11.1. The Hall–Kier alpha value is -2.05. The summed E-state index contributed by atoms with van der Waals surface area (Å²) in [5.41, 5.74) is 7.84. The molecule has 3 aromatic rings. The number of benzene rings is 1. The highest BCUT2D eigenvalue weighted by Gasteiger charge is 2.15. The molecule has 5 nitrogen and oxygen atoms in total. The van der Waals surface area contributed by atoms with Gasteiger partial charge in [0.1, 0.15) is 5.69 Å². The Morgan fingerprint density at radius 1 is 1.14 bits per heavy atom. The minimum atomic E-state index is -0.174. The van der Waals surface area contributed by atoms with Crippen molar-refractivity contribution in [3.05, 3.63) is 64.6 Å². The van der Waals surface area contributed by atoms with Gasteiger partial charge in [-0.25, -0.2) is 0 Å². The van der Waals surface area contributed by atoms with E-state index in [1.807, 2.05) is 42.5 Å². The van der Waals surface area contributed by atoms with Crippen LogP contribution in [0.2, 0.25) is 0 Å². The smallest absolute Gasteiger partial charge is 0.228 e. The molecule has 0 aliphatic rings. The Kier molecular flexibility index (Phi) is 4.08. The summed E-state index contributed by atoms with van der Waals surface area (Å²) in [5.74, 6) is 0.955. The highest BCUT2D eigenvalue weighted by molar-refractivity contribution is 9.10. The van der Waals surface area contributed by atoms with Crippen LogP contribution in [0.15, 0.2) is 57.7 Å². The molecule has 1 unspecified atom stereocenters. The highest BCUT2D eigenvalue weighted by Crippen LogP contribution is 2.23. The molecule has 2 aromatic heterocycles. The fourth-order valence-electron chi connectivity index (χ4n) is 1.99. The summed E-state index contributed by atoms with van der Waals surface area (Å²) >= 11 is 3.42. The predicted molar refractivity (Wildman–Crippen MR) is 82.3 cm³/mol. The van der Waals surface area contributed by atoms with Gasteiger partial charge in [0.15, 0.2) is 0 Å². The van der Waals surface area contributed by atoms with E-state index in [-0.39, 0.29) is 6.04 Å². The summed E-state index contributed by atoms with van der Waals surface area (Å²) in [6.07, 6.45) is 2.17. The Bertz CT molecular complexity index is 729. The number of halogens is 1. The van der Waals surface area contributed by atoms with Crippen molar-refractivity contribution in [2.45, 2.75) is 12.5 Å². The molecule has 1 atom stereocenters. The lowest BCUT2D eigenvalue weighted by Gasteiger charge is -2.08. The van der Waals surface area contributed by atoms with Crippen LogP contribution in [0.4, 0.5) is 0 Å². The van der Waals surface area contributed by atoms with Crippen molar-refractivity contribution in [2.24, 2.45) is 5.73 Å². The molecule has 0 saturated heterocycles. The summed E-state index contributed by atoms with van der Waals surface area (Å²) in [5, 5.41) is 3.96. The van der Waals surface area contributed by atoms with E-state index in [4.69, 9.17) is 10.3 Å². The Labute approximate surface area is 130 Å². The molecule has 0 radical (unpaired) electrons. The molecule has 3 rings (SSSR count). The lowest BCUT2D eigenvalue weighted by molar-refractivity contribution is 0.370. The van der Waals surface area contributed by atoms with Crippen molar-refractivity contribution < 1.29 is 4.52 Å². The fraction of sp³-hybridized carbons (Fsp3) is 0.133. The summed E-state index contributed by atoms with van der Waals surface area (Å²) in [6, 6.07) is 13.4. The Morgan fingerprint density at radius 3 is 2.71 bits per heavy atom. The van der Waals surface area contributed by atoms with E-state index in [9.17, 15) is 0 Å². The molecule has 6 heteroatoms. The number of pyridine rings is 1. The molecule has 0 aliphatic heterocycles. The first-order chi connectivity index (χ1) is 10.2. The first-order valence-corrected chi connectivity index (χ1v) is 7.27. The molecule has 0 amide bonds. The van der Waals surface area contributed by atoms with Crippen LogP contribution in [0.3, 0.4) is 0 Å². The van der Waals surface area contributed by atoms with Gasteiger partial charge in [0.25, 0.3) is 0 Å². The number of nitrogens with zero attached hydrogens (tertiary/aromatic N) is 3. The van der Waals surface area contributed by atoms with Crippen molar-refractivity contribution in [3.63, 3.8) is 0 Å². The second-order valence-electron chi connectivity index (χ2n) is 4.57. The van der Waals surface area contributed by atoms with Crippen LogP contribution in [0.1, 0.15) is 17.5 Å². The topological polar surface area (TPSA) is 77.8 Å². The van der Waals surface area contributed by atoms with Crippen molar-refractivity contribution in [2.75, 3.05) is 0 Å². The molecule has 1 aromatic carbocycles. The van der Waals surface area contributed by atoms with E-state index in [2.05, 4.69) is 31.1 Å². The maximum Gasteiger partial charge on any atom is 0.228 e. The average molecular weight is 345 g/mol. The van der Waals surface area contributed by atoms with Crippen molar-refractivity contribution in [1.29, 1.82) is 0 Å². The minimum Gasteiger partial charge on any atom is -0.339 e. The molecule has 106 valence electrons. The van der Waals surface area contributed by atoms with Crippen LogP contribution < -0.4 is 5.73 Å². The number of nitrogens with two attached hydrogens (primary N) is 1. The van der Waals surface area contributed by atoms with Gasteiger partial charge in [0.2, 0.25) is 11.7 Å². The van der Waals surface area contributed by atoms with Gasteiger partial charge in [-0.1, -0.05) is 35.5 Å². The first-order valence-electron chi connectivity index (χ1n) is 6.48. The third kappa shape index (κ3) is 3.17. The third-order valence-corrected chi connectivity index (χ3v) is 3.70. The normalized spacial score (nSPS) is 12.3. The van der Waals surface area contributed by atoms with E-state index < -0.39 is 0 Å². The van der Waals surface area contributed by atoms with Gasteiger partial charge < -0.3 is 10.3 Å². The molecule has 0 aliphatic carbocycles. The van der Waals surface area contributed by atoms with Gasteiger partial charge in [-0.05, 0) is 33.6 Å². The number of rotatable bonds is 4. The Morgan fingerprint density at radius 2 is 1.95 bits per heavy atom. The summed E-state index contributed by atoms with van der Waals surface area (Å²) in [6.45, 7) is 0. The van der Waals surface area contributed by atoms with Gasteiger partial charge in [0, 0.05) is 23.1 Å². The van der Waals surface area contributed by atoms with Crippen LogP contribution in [0.25, 0.3) is 11.5 Å². The Balaban J connectivity index is 1.78.